The fraction of sp³-hybridized carbons (Fsp3) is 0.250. The van der Waals surface area contributed by atoms with Gasteiger partial charge in [-0.2, -0.15) is 0 Å². The van der Waals surface area contributed by atoms with Crippen molar-refractivity contribution in [3.05, 3.63) is 36.6 Å². The summed E-state index contributed by atoms with van der Waals surface area (Å²) < 4.78 is 0. The van der Waals surface area contributed by atoms with E-state index in [9.17, 15) is 0 Å². The molecule has 0 atom stereocenters. The third kappa shape index (κ3) is 7.02. The highest BCUT2D eigenvalue weighted by Crippen LogP contribution is 1.84. The van der Waals surface area contributed by atoms with Crippen LogP contribution in [-0.4, -0.2) is 0 Å². The molecule has 0 radical (unpaired) electrons. The van der Waals surface area contributed by atoms with Gasteiger partial charge in [0.05, 0.1) is 0 Å². The van der Waals surface area contributed by atoms with Crippen LogP contribution in [0.1, 0.15) is 13.3 Å². The predicted octanol–water partition coefficient (Wildman–Crippen LogP) is 1.98. The number of nitrogens with two attached hydrogens (primary N) is 1. The van der Waals surface area contributed by atoms with Gasteiger partial charge in [-0.05, 0) is 12.5 Å². The van der Waals surface area contributed by atoms with Gasteiger partial charge >= 0.3 is 0 Å². The molecule has 0 aliphatic carbocycles. The Balaban J connectivity index is 3.47. The Labute approximate surface area is 56.6 Å². The van der Waals surface area contributed by atoms with Gasteiger partial charge in [-0.15, -0.1) is 0 Å². The van der Waals surface area contributed by atoms with Gasteiger partial charge in [-0.3, -0.25) is 0 Å². The van der Waals surface area contributed by atoms with E-state index in [4.69, 9.17) is 5.73 Å². The minimum absolute atomic E-state index is 0.593. The SMILES string of the molecule is C=C(N)/C=C\C=C/CC. The second-order valence-electron chi connectivity index (χ2n) is 1.77. The van der Waals surface area contributed by atoms with Crippen LogP contribution in [0.4, 0.5) is 0 Å². The Bertz CT molecular complexity index is 132. The molecular formula is C8H13N. The van der Waals surface area contributed by atoms with Crippen LogP contribution in [0.2, 0.25) is 0 Å². The summed E-state index contributed by atoms with van der Waals surface area (Å²) in [4.78, 5) is 0. The van der Waals surface area contributed by atoms with Gasteiger partial charge in [0.25, 0.3) is 0 Å². The van der Waals surface area contributed by atoms with E-state index >= 15 is 0 Å². The molecule has 2 N–H and O–H groups in total. The lowest BCUT2D eigenvalue weighted by molar-refractivity contribution is 1.22. The molecule has 0 heterocycles. The number of allylic oxidation sites excluding steroid dienone is 4. The molecule has 9 heavy (non-hydrogen) atoms. The zero-order chi connectivity index (χ0) is 7.11. The molecule has 0 saturated carbocycles. The van der Waals surface area contributed by atoms with Gasteiger partial charge < -0.3 is 5.73 Å². The average Bonchev–Trinajstić information content (AvgIpc) is 1.80. The van der Waals surface area contributed by atoms with E-state index in [-0.39, 0.29) is 0 Å². The fourth-order valence-corrected chi connectivity index (χ4v) is 0.394. The Morgan fingerprint density at radius 2 is 2.22 bits per heavy atom. The lowest BCUT2D eigenvalue weighted by Crippen LogP contribution is -1.87. The van der Waals surface area contributed by atoms with Gasteiger partial charge in [-0.25, -0.2) is 0 Å². The van der Waals surface area contributed by atoms with E-state index < -0.39 is 0 Å². The van der Waals surface area contributed by atoms with Crippen LogP contribution in [0, 0.1) is 0 Å². The summed E-state index contributed by atoms with van der Waals surface area (Å²) in [5, 5.41) is 0. The van der Waals surface area contributed by atoms with Crippen LogP contribution in [0.15, 0.2) is 36.6 Å². The van der Waals surface area contributed by atoms with Crippen molar-refractivity contribution >= 4 is 0 Å². The monoisotopic (exact) mass is 123 g/mol. The average molecular weight is 123 g/mol. The van der Waals surface area contributed by atoms with E-state index in [1.54, 1.807) is 6.08 Å². The highest BCUT2D eigenvalue weighted by molar-refractivity contribution is 5.15. The molecule has 1 heteroatoms. The summed E-state index contributed by atoms with van der Waals surface area (Å²) >= 11 is 0. The molecule has 50 valence electrons. The Kier molecular flexibility index (Phi) is 4.60. The Hall–Kier alpha value is -0.980. The number of rotatable bonds is 3. The molecule has 0 aromatic rings. The van der Waals surface area contributed by atoms with E-state index in [0.29, 0.717) is 5.70 Å². The molecule has 0 amide bonds. The molecule has 0 saturated heterocycles. The maximum absolute atomic E-state index is 5.26. The summed E-state index contributed by atoms with van der Waals surface area (Å²) in [7, 11) is 0. The highest BCUT2D eigenvalue weighted by atomic mass is 14.5. The zero-order valence-corrected chi connectivity index (χ0v) is 5.80. The normalized spacial score (nSPS) is 11.2. The van der Waals surface area contributed by atoms with Crippen molar-refractivity contribution in [3.8, 4) is 0 Å². The lowest BCUT2D eigenvalue weighted by atomic mass is 10.3. The molecule has 0 bridgehead atoms. The molecule has 0 rings (SSSR count). The van der Waals surface area contributed by atoms with Crippen molar-refractivity contribution in [3.63, 3.8) is 0 Å². The number of hydrogen-bond donors (Lipinski definition) is 1. The first-order valence-electron chi connectivity index (χ1n) is 3.05. The fourth-order valence-electron chi connectivity index (χ4n) is 0.394. The number of hydrogen-bond acceptors (Lipinski definition) is 1. The first-order valence-corrected chi connectivity index (χ1v) is 3.05. The third-order valence-corrected chi connectivity index (χ3v) is 0.793. The van der Waals surface area contributed by atoms with Crippen molar-refractivity contribution in [2.24, 2.45) is 5.73 Å². The molecule has 0 aromatic carbocycles. The molecule has 0 fully saturated rings. The van der Waals surface area contributed by atoms with Gasteiger partial charge in [0.2, 0.25) is 0 Å². The van der Waals surface area contributed by atoms with Crippen molar-refractivity contribution in [2.75, 3.05) is 0 Å². The molecule has 0 aliphatic heterocycles. The summed E-state index contributed by atoms with van der Waals surface area (Å²) in [6.45, 7) is 5.59. The summed E-state index contributed by atoms with van der Waals surface area (Å²) in [6, 6.07) is 0. The lowest BCUT2D eigenvalue weighted by Gasteiger charge is -1.80. The van der Waals surface area contributed by atoms with E-state index in [1.165, 1.54) is 0 Å². The maximum atomic E-state index is 5.26. The minimum Gasteiger partial charge on any atom is -0.399 e. The molecule has 0 aromatic heterocycles. The van der Waals surface area contributed by atoms with Crippen molar-refractivity contribution < 1.29 is 0 Å². The van der Waals surface area contributed by atoms with Crippen LogP contribution in [0.5, 0.6) is 0 Å². The molecule has 0 unspecified atom stereocenters. The standard InChI is InChI=1S/C8H13N/c1-3-4-5-6-7-8(2)9/h4-7H,2-3,9H2,1H3/b5-4-,7-6-. The molecule has 0 spiro atoms. The molecule has 0 aliphatic rings. The summed E-state index contributed by atoms with van der Waals surface area (Å²) in [6.07, 6.45) is 8.72. The van der Waals surface area contributed by atoms with Crippen LogP contribution < -0.4 is 5.73 Å². The van der Waals surface area contributed by atoms with Crippen molar-refractivity contribution in [1.82, 2.24) is 0 Å². The van der Waals surface area contributed by atoms with Gasteiger partial charge in [0.15, 0.2) is 0 Å². The van der Waals surface area contributed by atoms with Crippen molar-refractivity contribution in [1.29, 1.82) is 0 Å². The third-order valence-electron chi connectivity index (χ3n) is 0.793. The topological polar surface area (TPSA) is 26.0 Å². The van der Waals surface area contributed by atoms with E-state index in [0.717, 1.165) is 6.42 Å². The smallest absolute Gasteiger partial charge is 0.0240 e. The first kappa shape index (κ1) is 8.02. The molecular weight excluding hydrogens is 110 g/mol. The van der Waals surface area contributed by atoms with E-state index in [2.05, 4.69) is 19.6 Å². The summed E-state index contributed by atoms with van der Waals surface area (Å²) in [5.74, 6) is 0. The van der Waals surface area contributed by atoms with Gasteiger partial charge in [0.1, 0.15) is 0 Å². The van der Waals surface area contributed by atoms with Crippen LogP contribution in [-0.2, 0) is 0 Å². The Morgan fingerprint density at radius 3 is 2.67 bits per heavy atom. The van der Waals surface area contributed by atoms with Crippen molar-refractivity contribution in [2.45, 2.75) is 13.3 Å². The summed E-state index contributed by atoms with van der Waals surface area (Å²) in [5.41, 5.74) is 5.85. The maximum Gasteiger partial charge on any atom is 0.0240 e. The predicted molar refractivity (Wildman–Crippen MR) is 41.9 cm³/mol. The second-order valence-corrected chi connectivity index (χ2v) is 1.77. The quantitative estimate of drug-likeness (QED) is 0.570. The highest BCUT2D eigenvalue weighted by Gasteiger charge is 1.68. The van der Waals surface area contributed by atoms with Crippen LogP contribution in [0.25, 0.3) is 0 Å². The van der Waals surface area contributed by atoms with Gasteiger partial charge in [0, 0.05) is 5.70 Å². The van der Waals surface area contributed by atoms with Crippen LogP contribution >= 0.6 is 0 Å². The minimum atomic E-state index is 0.593. The van der Waals surface area contributed by atoms with E-state index in [1.807, 2.05) is 12.2 Å². The van der Waals surface area contributed by atoms with Gasteiger partial charge in [-0.1, -0.05) is 31.7 Å². The Morgan fingerprint density at radius 1 is 1.56 bits per heavy atom. The molecule has 1 nitrogen and oxygen atoms in total. The largest absolute Gasteiger partial charge is 0.399 e. The zero-order valence-electron chi connectivity index (χ0n) is 5.80. The second kappa shape index (κ2) is 5.16. The first-order chi connectivity index (χ1) is 4.27. The van der Waals surface area contributed by atoms with Crippen LogP contribution in [0.3, 0.4) is 0 Å².